The molecule has 2 unspecified atom stereocenters. The summed E-state index contributed by atoms with van der Waals surface area (Å²) >= 11 is 0. The van der Waals surface area contributed by atoms with E-state index in [1.807, 2.05) is 0 Å². The molecule has 0 N–H and O–H groups in total. The predicted molar refractivity (Wildman–Crippen MR) is 77.8 cm³/mol. The van der Waals surface area contributed by atoms with Gasteiger partial charge >= 0.3 is 0 Å². The van der Waals surface area contributed by atoms with Gasteiger partial charge in [-0.25, -0.2) is 0 Å². The fourth-order valence-corrected chi connectivity index (χ4v) is 3.48. The van der Waals surface area contributed by atoms with Crippen LogP contribution in [0.25, 0.3) is 0 Å². The van der Waals surface area contributed by atoms with Crippen LogP contribution in [0.5, 0.6) is 5.75 Å². The highest BCUT2D eigenvalue weighted by molar-refractivity contribution is 5.30. The van der Waals surface area contributed by atoms with Crippen molar-refractivity contribution in [1.29, 1.82) is 0 Å². The Kier molecular flexibility index (Phi) is 3.76. The molecule has 0 radical (unpaired) electrons. The maximum Gasteiger partial charge on any atom is 0.118 e. The van der Waals surface area contributed by atoms with Crippen molar-refractivity contribution in [1.82, 2.24) is 9.80 Å². The van der Waals surface area contributed by atoms with Crippen molar-refractivity contribution < 1.29 is 4.74 Å². The zero-order valence-electron chi connectivity index (χ0n) is 12.0. The second-order valence-electron chi connectivity index (χ2n) is 5.96. The number of rotatable bonds is 3. The minimum absolute atomic E-state index is 0.705. The molecular weight excluding hydrogens is 236 g/mol. The summed E-state index contributed by atoms with van der Waals surface area (Å²) in [5.41, 5.74) is 1.47. The molecule has 0 saturated carbocycles. The molecule has 3 rings (SSSR count). The summed E-state index contributed by atoms with van der Waals surface area (Å²) in [4.78, 5) is 5.14. The van der Waals surface area contributed by atoms with Gasteiger partial charge in [0.05, 0.1) is 7.11 Å². The first-order chi connectivity index (χ1) is 9.26. The molecule has 0 aliphatic carbocycles. The molecule has 3 heteroatoms. The molecule has 2 aliphatic rings. The van der Waals surface area contributed by atoms with E-state index in [0.717, 1.165) is 11.8 Å². The topological polar surface area (TPSA) is 15.7 Å². The Morgan fingerprint density at radius 2 is 1.84 bits per heavy atom. The summed E-state index contributed by atoms with van der Waals surface area (Å²) in [6.07, 6.45) is 2.64. The zero-order valence-corrected chi connectivity index (χ0v) is 12.0. The van der Waals surface area contributed by atoms with Gasteiger partial charge in [-0.15, -0.1) is 0 Å². The first kappa shape index (κ1) is 12.9. The molecule has 0 aromatic heterocycles. The molecule has 2 heterocycles. The fourth-order valence-electron chi connectivity index (χ4n) is 3.48. The van der Waals surface area contributed by atoms with Gasteiger partial charge in [0.2, 0.25) is 0 Å². The monoisotopic (exact) mass is 260 g/mol. The van der Waals surface area contributed by atoms with Gasteiger partial charge in [0, 0.05) is 19.1 Å². The molecule has 19 heavy (non-hydrogen) atoms. The Morgan fingerprint density at radius 1 is 1.05 bits per heavy atom. The Labute approximate surface area is 116 Å². The summed E-state index contributed by atoms with van der Waals surface area (Å²) in [5.74, 6) is 1.66. The van der Waals surface area contributed by atoms with Crippen molar-refractivity contribution in [2.45, 2.75) is 24.8 Å². The average molecular weight is 260 g/mol. The van der Waals surface area contributed by atoms with E-state index in [0.29, 0.717) is 5.92 Å². The number of likely N-dealkylation sites (N-methyl/N-ethyl adjacent to an activating group) is 1. The predicted octanol–water partition coefficient (Wildman–Crippen LogP) is 2.19. The van der Waals surface area contributed by atoms with Crippen LogP contribution in [-0.2, 0) is 0 Å². The van der Waals surface area contributed by atoms with Gasteiger partial charge in [-0.1, -0.05) is 12.1 Å². The van der Waals surface area contributed by atoms with Gasteiger partial charge in [0.15, 0.2) is 0 Å². The summed E-state index contributed by atoms with van der Waals surface area (Å²) in [6, 6.07) is 9.41. The Hall–Kier alpha value is -1.06. The molecule has 1 aromatic rings. The number of benzene rings is 1. The van der Waals surface area contributed by atoms with Gasteiger partial charge in [-0.2, -0.15) is 0 Å². The highest BCUT2D eigenvalue weighted by Gasteiger charge is 2.32. The zero-order chi connectivity index (χ0) is 13.2. The van der Waals surface area contributed by atoms with Gasteiger partial charge in [0.1, 0.15) is 5.75 Å². The highest BCUT2D eigenvalue weighted by Crippen LogP contribution is 2.31. The van der Waals surface area contributed by atoms with E-state index in [2.05, 4.69) is 41.1 Å². The lowest BCUT2D eigenvalue weighted by molar-refractivity contribution is 0.240. The third-order valence-corrected chi connectivity index (χ3v) is 4.69. The first-order valence-corrected chi connectivity index (χ1v) is 7.33. The number of hydrogen-bond acceptors (Lipinski definition) is 3. The first-order valence-electron chi connectivity index (χ1n) is 7.33. The van der Waals surface area contributed by atoms with Crippen LogP contribution in [0, 0.1) is 0 Å². The molecular formula is C16H24N2O. The van der Waals surface area contributed by atoms with E-state index in [9.17, 15) is 0 Å². The lowest BCUT2D eigenvalue weighted by Crippen LogP contribution is -2.35. The second-order valence-corrected chi connectivity index (χ2v) is 5.96. The third-order valence-electron chi connectivity index (χ3n) is 4.69. The van der Waals surface area contributed by atoms with Crippen LogP contribution in [0.4, 0.5) is 0 Å². The normalized spacial score (nSPS) is 28.9. The maximum absolute atomic E-state index is 5.23. The van der Waals surface area contributed by atoms with Crippen molar-refractivity contribution in [3.8, 4) is 5.75 Å². The van der Waals surface area contributed by atoms with E-state index in [1.165, 1.54) is 44.6 Å². The fraction of sp³-hybridized carbons (Fsp3) is 0.625. The number of likely N-dealkylation sites (tertiary alicyclic amines) is 2. The Bertz CT molecular complexity index is 417. The van der Waals surface area contributed by atoms with Crippen LogP contribution in [0.15, 0.2) is 24.3 Å². The molecule has 1 aromatic carbocycles. The summed E-state index contributed by atoms with van der Waals surface area (Å²) < 4.78 is 5.23. The number of methoxy groups -OCH3 is 1. The van der Waals surface area contributed by atoms with Crippen LogP contribution in [-0.4, -0.2) is 56.2 Å². The Morgan fingerprint density at radius 3 is 2.47 bits per heavy atom. The van der Waals surface area contributed by atoms with Crippen LogP contribution >= 0.6 is 0 Å². The SMILES string of the molecule is COc1ccc(C2CCN(C3CCN(C)C3)C2)cc1. The minimum Gasteiger partial charge on any atom is -0.497 e. The van der Waals surface area contributed by atoms with E-state index < -0.39 is 0 Å². The van der Waals surface area contributed by atoms with Crippen molar-refractivity contribution in [2.24, 2.45) is 0 Å². The van der Waals surface area contributed by atoms with E-state index >= 15 is 0 Å². The van der Waals surface area contributed by atoms with Crippen LogP contribution < -0.4 is 4.74 Å². The molecule has 0 spiro atoms. The Balaban J connectivity index is 1.61. The number of ether oxygens (including phenoxy) is 1. The quantitative estimate of drug-likeness (QED) is 0.828. The third kappa shape index (κ3) is 2.77. The van der Waals surface area contributed by atoms with Gasteiger partial charge < -0.3 is 9.64 Å². The second kappa shape index (κ2) is 5.51. The van der Waals surface area contributed by atoms with E-state index in [4.69, 9.17) is 4.74 Å². The lowest BCUT2D eigenvalue weighted by atomic mass is 9.98. The van der Waals surface area contributed by atoms with Crippen molar-refractivity contribution >= 4 is 0 Å². The standard InChI is InChI=1S/C16H24N2O/c1-17-9-8-15(12-17)18-10-7-14(11-18)13-3-5-16(19-2)6-4-13/h3-6,14-15H,7-12H2,1-2H3. The van der Waals surface area contributed by atoms with Crippen molar-refractivity contribution in [3.05, 3.63) is 29.8 Å². The van der Waals surface area contributed by atoms with Crippen molar-refractivity contribution in [3.63, 3.8) is 0 Å². The molecule has 0 amide bonds. The highest BCUT2D eigenvalue weighted by atomic mass is 16.5. The minimum atomic E-state index is 0.705. The van der Waals surface area contributed by atoms with Gasteiger partial charge in [0.25, 0.3) is 0 Å². The smallest absolute Gasteiger partial charge is 0.118 e. The molecule has 2 atom stereocenters. The summed E-state index contributed by atoms with van der Waals surface area (Å²) in [6.45, 7) is 4.99. The van der Waals surface area contributed by atoms with E-state index in [-0.39, 0.29) is 0 Å². The summed E-state index contributed by atoms with van der Waals surface area (Å²) in [7, 11) is 3.96. The lowest BCUT2D eigenvalue weighted by Gasteiger charge is -2.23. The van der Waals surface area contributed by atoms with Gasteiger partial charge in [-0.3, -0.25) is 4.90 Å². The maximum atomic E-state index is 5.23. The van der Waals surface area contributed by atoms with Crippen LogP contribution in [0.3, 0.4) is 0 Å². The number of nitrogens with zero attached hydrogens (tertiary/aromatic N) is 2. The van der Waals surface area contributed by atoms with Crippen molar-refractivity contribution in [2.75, 3.05) is 40.3 Å². The molecule has 3 nitrogen and oxygen atoms in total. The van der Waals surface area contributed by atoms with Crippen LogP contribution in [0.2, 0.25) is 0 Å². The molecule has 0 bridgehead atoms. The molecule has 104 valence electrons. The summed E-state index contributed by atoms with van der Waals surface area (Å²) in [5, 5.41) is 0. The van der Waals surface area contributed by atoms with Crippen LogP contribution in [0.1, 0.15) is 24.3 Å². The number of hydrogen-bond donors (Lipinski definition) is 0. The van der Waals surface area contributed by atoms with E-state index in [1.54, 1.807) is 7.11 Å². The largest absolute Gasteiger partial charge is 0.497 e. The molecule has 2 saturated heterocycles. The molecule has 2 aliphatic heterocycles. The average Bonchev–Trinajstić information content (AvgIpc) is 3.07. The van der Waals surface area contributed by atoms with Gasteiger partial charge in [-0.05, 0) is 56.6 Å². The molecule has 2 fully saturated rings.